The third-order valence-electron chi connectivity index (χ3n) is 3.69. The van der Waals surface area contributed by atoms with E-state index in [4.69, 9.17) is 0 Å². The Morgan fingerprint density at radius 3 is 2.35 bits per heavy atom. The summed E-state index contributed by atoms with van der Waals surface area (Å²) in [5.41, 5.74) is 3.98. The van der Waals surface area contributed by atoms with Crippen molar-refractivity contribution in [3.8, 4) is 0 Å². The number of hydrogen-bond acceptors (Lipinski definition) is 1. The van der Waals surface area contributed by atoms with Gasteiger partial charge in [0.2, 0.25) is 0 Å². The minimum atomic E-state index is 0.332. The quantitative estimate of drug-likeness (QED) is 0.756. The molecule has 0 saturated heterocycles. The van der Waals surface area contributed by atoms with Crippen LogP contribution in [0.4, 0.5) is 0 Å². The number of halogens is 1. The van der Waals surface area contributed by atoms with Crippen molar-refractivity contribution in [1.29, 1.82) is 0 Å². The van der Waals surface area contributed by atoms with Gasteiger partial charge in [-0.25, -0.2) is 0 Å². The van der Waals surface area contributed by atoms with Crippen molar-refractivity contribution in [3.63, 3.8) is 0 Å². The van der Waals surface area contributed by atoms with Gasteiger partial charge in [0.15, 0.2) is 0 Å². The van der Waals surface area contributed by atoms with E-state index in [9.17, 15) is 0 Å². The Bertz CT molecular complexity index is 548. The first-order valence-corrected chi connectivity index (χ1v) is 7.97. The van der Waals surface area contributed by atoms with E-state index in [0.29, 0.717) is 12.1 Å². The fourth-order valence-electron chi connectivity index (χ4n) is 2.42. The molecule has 20 heavy (non-hydrogen) atoms. The summed E-state index contributed by atoms with van der Waals surface area (Å²) >= 11 is 3.54. The lowest BCUT2D eigenvalue weighted by molar-refractivity contribution is 0.456. The first-order chi connectivity index (χ1) is 9.60. The Hall–Kier alpha value is -1.12. The smallest absolute Gasteiger partial charge is 0.0323 e. The molecule has 1 N–H and O–H groups in total. The molecule has 0 fully saturated rings. The second-order valence-corrected chi connectivity index (χ2v) is 6.23. The highest BCUT2D eigenvalue weighted by molar-refractivity contribution is 9.10. The van der Waals surface area contributed by atoms with Gasteiger partial charge in [0.1, 0.15) is 0 Å². The van der Waals surface area contributed by atoms with Crippen LogP contribution in [-0.4, -0.2) is 0 Å². The van der Waals surface area contributed by atoms with Crippen LogP contribution in [-0.2, 0) is 0 Å². The van der Waals surface area contributed by atoms with Crippen molar-refractivity contribution in [1.82, 2.24) is 5.32 Å². The van der Waals surface area contributed by atoms with Crippen LogP contribution >= 0.6 is 15.9 Å². The molecule has 0 heterocycles. The lowest BCUT2D eigenvalue weighted by atomic mass is 10.0. The van der Waals surface area contributed by atoms with E-state index in [0.717, 1.165) is 10.9 Å². The summed E-state index contributed by atoms with van der Waals surface area (Å²) in [6, 6.07) is 18.0. The average Bonchev–Trinajstić information content (AvgIpc) is 2.45. The summed E-state index contributed by atoms with van der Waals surface area (Å²) in [7, 11) is 0. The molecule has 0 radical (unpaired) electrons. The largest absolute Gasteiger partial charge is 0.303 e. The number of rotatable bonds is 5. The van der Waals surface area contributed by atoms with Crippen molar-refractivity contribution in [2.24, 2.45) is 0 Å². The predicted octanol–water partition coefficient (Wildman–Crippen LogP) is 5.56. The first kappa shape index (κ1) is 15.3. The molecule has 0 bridgehead atoms. The van der Waals surface area contributed by atoms with Crippen molar-refractivity contribution >= 4 is 15.9 Å². The molecule has 1 nitrogen and oxygen atoms in total. The summed E-state index contributed by atoms with van der Waals surface area (Å²) < 4.78 is 1.13. The van der Waals surface area contributed by atoms with E-state index in [2.05, 4.69) is 90.5 Å². The molecule has 2 aromatic carbocycles. The summed E-state index contributed by atoms with van der Waals surface area (Å²) in [6.45, 7) is 6.58. The third kappa shape index (κ3) is 3.94. The number of aryl methyl sites for hydroxylation is 1. The van der Waals surface area contributed by atoms with Gasteiger partial charge in [-0.1, -0.05) is 64.8 Å². The molecule has 0 aliphatic heterocycles. The normalized spacial score (nSPS) is 14.0. The monoisotopic (exact) mass is 331 g/mol. The summed E-state index contributed by atoms with van der Waals surface area (Å²) in [5, 5.41) is 3.73. The summed E-state index contributed by atoms with van der Waals surface area (Å²) in [6.07, 6.45) is 1.08. The van der Waals surface area contributed by atoms with E-state index in [1.807, 2.05) is 0 Å². The standard InChI is InChI=1S/C18H22BrN/c1-4-18(15-10-8-13(2)9-11-15)20-14(3)16-6-5-7-17(19)12-16/h5-12,14,18,20H,4H2,1-3H3. The van der Waals surface area contributed by atoms with Crippen molar-refractivity contribution in [3.05, 3.63) is 69.7 Å². The molecule has 0 saturated carbocycles. The van der Waals surface area contributed by atoms with E-state index >= 15 is 0 Å². The van der Waals surface area contributed by atoms with Crippen LogP contribution in [0.25, 0.3) is 0 Å². The van der Waals surface area contributed by atoms with Crippen LogP contribution < -0.4 is 5.32 Å². The van der Waals surface area contributed by atoms with Crippen molar-refractivity contribution in [2.75, 3.05) is 0 Å². The maximum absolute atomic E-state index is 3.73. The Kier molecular flexibility index (Phi) is 5.38. The minimum absolute atomic E-state index is 0.332. The summed E-state index contributed by atoms with van der Waals surface area (Å²) in [5.74, 6) is 0. The van der Waals surface area contributed by atoms with Crippen LogP contribution in [0.3, 0.4) is 0 Å². The van der Waals surface area contributed by atoms with Crippen LogP contribution in [0, 0.1) is 6.92 Å². The molecule has 0 amide bonds. The van der Waals surface area contributed by atoms with Gasteiger partial charge < -0.3 is 5.32 Å². The lowest BCUT2D eigenvalue weighted by Gasteiger charge is -2.23. The summed E-state index contributed by atoms with van der Waals surface area (Å²) in [4.78, 5) is 0. The third-order valence-corrected chi connectivity index (χ3v) is 4.18. The second kappa shape index (κ2) is 7.05. The van der Waals surface area contributed by atoms with Crippen LogP contribution in [0.5, 0.6) is 0 Å². The second-order valence-electron chi connectivity index (χ2n) is 5.31. The fourth-order valence-corrected chi connectivity index (χ4v) is 2.84. The highest BCUT2D eigenvalue weighted by Crippen LogP contribution is 2.24. The van der Waals surface area contributed by atoms with Gasteiger partial charge in [0, 0.05) is 16.6 Å². The van der Waals surface area contributed by atoms with Crippen LogP contribution in [0.1, 0.15) is 49.0 Å². The molecule has 0 aromatic heterocycles. The van der Waals surface area contributed by atoms with Crippen LogP contribution in [0.2, 0.25) is 0 Å². The molecule has 0 spiro atoms. The molecular formula is C18H22BrN. The van der Waals surface area contributed by atoms with Crippen LogP contribution in [0.15, 0.2) is 53.0 Å². The fraction of sp³-hybridized carbons (Fsp3) is 0.333. The highest BCUT2D eigenvalue weighted by Gasteiger charge is 2.13. The number of nitrogens with one attached hydrogen (secondary N) is 1. The van der Waals surface area contributed by atoms with Crippen molar-refractivity contribution < 1.29 is 0 Å². The maximum Gasteiger partial charge on any atom is 0.0323 e. The molecule has 0 aliphatic rings. The van der Waals surface area contributed by atoms with Gasteiger partial charge in [-0.05, 0) is 43.5 Å². The van der Waals surface area contributed by atoms with E-state index in [-0.39, 0.29) is 0 Å². The van der Waals surface area contributed by atoms with Gasteiger partial charge >= 0.3 is 0 Å². The van der Waals surface area contributed by atoms with E-state index < -0.39 is 0 Å². The Balaban J connectivity index is 2.11. The van der Waals surface area contributed by atoms with Gasteiger partial charge in [0.05, 0.1) is 0 Å². The minimum Gasteiger partial charge on any atom is -0.303 e. The van der Waals surface area contributed by atoms with Crippen molar-refractivity contribution in [2.45, 2.75) is 39.3 Å². The highest BCUT2D eigenvalue weighted by atomic mass is 79.9. The maximum atomic E-state index is 3.73. The molecule has 0 aliphatic carbocycles. The Labute approximate surface area is 130 Å². The lowest BCUT2D eigenvalue weighted by Crippen LogP contribution is -2.24. The molecular weight excluding hydrogens is 310 g/mol. The molecule has 2 rings (SSSR count). The first-order valence-electron chi connectivity index (χ1n) is 7.18. The molecule has 106 valence electrons. The van der Waals surface area contributed by atoms with Gasteiger partial charge in [-0.15, -0.1) is 0 Å². The number of hydrogen-bond donors (Lipinski definition) is 1. The SMILES string of the molecule is CCC(NC(C)c1cccc(Br)c1)c1ccc(C)cc1. The zero-order valence-corrected chi connectivity index (χ0v) is 13.9. The zero-order chi connectivity index (χ0) is 14.5. The topological polar surface area (TPSA) is 12.0 Å². The zero-order valence-electron chi connectivity index (χ0n) is 12.4. The average molecular weight is 332 g/mol. The predicted molar refractivity (Wildman–Crippen MR) is 89.9 cm³/mol. The Morgan fingerprint density at radius 2 is 1.75 bits per heavy atom. The van der Waals surface area contributed by atoms with Gasteiger partial charge in [-0.3, -0.25) is 0 Å². The molecule has 2 heteroatoms. The molecule has 2 aromatic rings. The van der Waals surface area contributed by atoms with E-state index in [1.165, 1.54) is 16.7 Å². The van der Waals surface area contributed by atoms with E-state index in [1.54, 1.807) is 0 Å². The number of benzene rings is 2. The van der Waals surface area contributed by atoms with Gasteiger partial charge in [-0.2, -0.15) is 0 Å². The van der Waals surface area contributed by atoms with Gasteiger partial charge in [0.25, 0.3) is 0 Å². The Morgan fingerprint density at radius 1 is 1.05 bits per heavy atom. The molecule has 2 unspecified atom stereocenters. The molecule has 2 atom stereocenters.